The Kier molecular flexibility index (Phi) is 5.78. The minimum Gasteiger partial charge on any atom is -0.309 e. The number of anilines is 3. The van der Waals surface area contributed by atoms with Crippen LogP contribution in [0.25, 0.3) is 55.0 Å². The molecule has 0 aliphatic carbocycles. The van der Waals surface area contributed by atoms with Gasteiger partial charge in [-0.1, -0.05) is 78.9 Å². The molecule has 0 spiro atoms. The maximum Gasteiger partial charge on any atom is 0.137 e. The van der Waals surface area contributed by atoms with Gasteiger partial charge in [0.15, 0.2) is 0 Å². The van der Waals surface area contributed by atoms with Crippen LogP contribution in [0.2, 0.25) is 0 Å². The fourth-order valence-corrected chi connectivity index (χ4v) is 6.81. The van der Waals surface area contributed by atoms with Crippen molar-refractivity contribution in [3.63, 3.8) is 0 Å². The van der Waals surface area contributed by atoms with Crippen LogP contribution in [0.5, 0.6) is 0 Å². The molecular formula is C41H28N4. The molecule has 0 bridgehead atoms. The fourth-order valence-electron chi connectivity index (χ4n) is 6.81. The molecule has 0 saturated heterocycles. The van der Waals surface area contributed by atoms with Gasteiger partial charge in [-0.3, -0.25) is 4.90 Å². The smallest absolute Gasteiger partial charge is 0.137 e. The Labute approximate surface area is 260 Å². The molecule has 45 heavy (non-hydrogen) atoms. The third-order valence-electron chi connectivity index (χ3n) is 8.74. The Bertz CT molecular complexity index is 2320. The number of pyridine rings is 1. The molecule has 0 aliphatic rings. The third-order valence-corrected chi connectivity index (χ3v) is 8.74. The van der Waals surface area contributed by atoms with Gasteiger partial charge in [0, 0.05) is 50.5 Å². The lowest BCUT2D eigenvalue weighted by molar-refractivity contribution is 1.17. The summed E-state index contributed by atoms with van der Waals surface area (Å²) in [5.74, 6) is 0.870. The molecule has 9 rings (SSSR count). The van der Waals surface area contributed by atoms with E-state index < -0.39 is 0 Å². The molecule has 0 N–H and O–H groups in total. The van der Waals surface area contributed by atoms with Gasteiger partial charge >= 0.3 is 0 Å². The Balaban J connectivity index is 1.28. The van der Waals surface area contributed by atoms with E-state index in [1.165, 1.54) is 43.6 Å². The summed E-state index contributed by atoms with van der Waals surface area (Å²) in [6.07, 6.45) is 1.86. The maximum absolute atomic E-state index is 4.84. The van der Waals surface area contributed by atoms with Gasteiger partial charge in [-0.2, -0.15) is 0 Å². The number of benzene rings is 6. The summed E-state index contributed by atoms with van der Waals surface area (Å²) < 4.78 is 4.70. The quantitative estimate of drug-likeness (QED) is 0.204. The molecule has 0 saturated carbocycles. The minimum atomic E-state index is 0.870. The highest BCUT2D eigenvalue weighted by molar-refractivity contribution is 6.12. The van der Waals surface area contributed by atoms with Crippen molar-refractivity contribution in [2.45, 2.75) is 0 Å². The van der Waals surface area contributed by atoms with Gasteiger partial charge in [0.25, 0.3) is 0 Å². The molecule has 0 unspecified atom stereocenters. The van der Waals surface area contributed by atoms with Crippen molar-refractivity contribution < 1.29 is 0 Å². The van der Waals surface area contributed by atoms with Gasteiger partial charge in [-0.25, -0.2) is 4.98 Å². The monoisotopic (exact) mass is 576 g/mol. The van der Waals surface area contributed by atoms with E-state index in [-0.39, 0.29) is 0 Å². The Hall–Kier alpha value is -6.13. The van der Waals surface area contributed by atoms with Crippen LogP contribution in [0.1, 0.15) is 0 Å². The van der Waals surface area contributed by atoms with Gasteiger partial charge in [0.05, 0.1) is 22.1 Å². The summed E-state index contributed by atoms with van der Waals surface area (Å²) in [5, 5.41) is 4.85. The Morgan fingerprint density at radius 2 is 0.822 bits per heavy atom. The van der Waals surface area contributed by atoms with E-state index in [1.54, 1.807) is 0 Å². The predicted molar refractivity (Wildman–Crippen MR) is 188 cm³/mol. The minimum absolute atomic E-state index is 0.870. The van der Waals surface area contributed by atoms with Crippen molar-refractivity contribution in [2.24, 2.45) is 0 Å². The number of para-hydroxylation sites is 4. The molecule has 0 aliphatic heterocycles. The molecule has 0 fully saturated rings. The van der Waals surface area contributed by atoms with Crippen molar-refractivity contribution in [3.05, 3.63) is 170 Å². The summed E-state index contributed by atoms with van der Waals surface area (Å²) in [4.78, 5) is 7.10. The molecule has 0 amide bonds. The predicted octanol–water partition coefficient (Wildman–Crippen LogP) is 10.7. The number of rotatable bonds is 5. The number of hydrogen-bond donors (Lipinski definition) is 0. The fraction of sp³-hybridized carbons (Fsp3) is 0. The molecule has 9 aromatic rings. The molecule has 4 nitrogen and oxygen atoms in total. The lowest BCUT2D eigenvalue weighted by Gasteiger charge is -2.24. The van der Waals surface area contributed by atoms with E-state index in [9.17, 15) is 0 Å². The number of hydrogen-bond acceptors (Lipinski definition) is 2. The maximum atomic E-state index is 4.84. The normalized spacial score (nSPS) is 11.6. The first-order valence-corrected chi connectivity index (χ1v) is 15.2. The zero-order chi connectivity index (χ0) is 29.7. The van der Waals surface area contributed by atoms with Gasteiger partial charge in [0.2, 0.25) is 0 Å². The highest BCUT2D eigenvalue weighted by Gasteiger charge is 2.20. The lowest BCUT2D eigenvalue weighted by Crippen LogP contribution is -2.11. The Morgan fingerprint density at radius 3 is 1.31 bits per heavy atom. The van der Waals surface area contributed by atoms with E-state index in [2.05, 4.69) is 172 Å². The average Bonchev–Trinajstić information content (AvgIpc) is 3.62. The van der Waals surface area contributed by atoms with Crippen LogP contribution in [0.15, 0.2) is 170 Å². The van der Waals surface area contributed by atoms with E-state index in [0.717, 1.165) is 28.6 Å². The largest absolute Gasteiger partial charge is 0.309 e. The van der Waals surface area contributed by atoms with E-state index in [4.69, 9.17) is 4.98 Å². The first-order valence-electron chi connectivity index (χ1n) is 15.2. The van der Waals surface area contributed by atoms with Gasteiger partial charge in [0.1, 0.15) is 5.82 Å². The van der Waals surface area contributed by atoms with Crippen LogP contribution >= 0.6 is 0 Å². The molecule has 0 radical (unpaired) electrons. The van der Waals surface area contributed by atoms with Crippen molar-refractivity contribution in [1.82, 2.24) is 14.1 Å². The molecule has 212 valence electrons. The van der Waals surface area contributed by atoms with Gasteiger partial charge < -0.3 is 9.13 Å². The van der Waals surface area contributed by atoms with Crippen LogP contribution in [0, 0.1) is 0 Å². The summed E-state index contributed by atoms with van der Waals surface area (Å²) in [7, 11) is 0. The van der Waals surface area contributed by atoms with Crippen LogP contribution in [0.4, 0.5) is 17.2 Å². The van der Waals surface area contributed by atoms with Crippen LogP contribution in [-0.4, -0.2) is 14.1 Å². The second-order valence-corrected chi connectivity index (χ2v) is 11.3. The summed E-state index contributed by atoms with van der Waals surface area (Å²) in [5.41, 5.74) is 9.15. The number of aromatic nitrogens is 3. The molecule has 4 heteroatoms. The van der Waals surface area contributed by atoms with Crippen molar-refractivity contribution in [1.29, 1.82) is 0 Å². The number of nitrogens with zero attached hydrogens (tertiary/aromatic N) is 4. The topological polar surface area (TPSA) is 26.0 Å². The van der Waals surface area contributed by atoms with Crippen molar-refractivity contribution in [2.75, 3.05) is 4.90 Å². The average molecular weight is 577 g/mol. The molecule has 3 aromatic heterocycles. The summed E-state index contributed by atoms with van der Waals surface area (Å²) in [6, 6.07) is 58.1. The lowest BCUT2D eigenvalue weighted by atomic mass is 10.1. The second kappa shape index (κ2) is 10.2. The zero-order valence-electron chi connectivity index (χ0n) is 24.5. The number of fused-ring (bicyclic) bond motifs is 6. The zero-order valence-corrected chi connectivity index (χ0v) is 24.5. The van der Waals surface area contributed by atoms with Crippen LogP contribution < -0.4 is 4.90 Å². The Morgan fingerprint density at radius 1 is 0.378 bits per heavy atom. The molecule has 0 atom stereocenters. The molecule has 6 aromatic carbocycles. The molecule has 3 heterocycles. The first-order chi connectivity index (χ1) is 22.3. The summed E-state index contributed by atoms with van der Waals surface area (Å²) in [6.45, 7) is 0. The van der Waals surface area contributed by atoms with Gasteiger partial charge in [-0.15, -0.1) is 0 Å². The van der Waals surface area contributed by atoms with E-state index in [0.29, 0.717) is 0 Å². The highest BCUT2D eigenvalue weighted by atomic mass is 15.2. The van der Waals surface area contributed by atoms with Crippen molar-refractivity contribution in [3.8, 4) is 11.4 Å². The third kappa shape index (κ3) is 4.04. The first kappa shape index (κ1) is 25.4. The van der Waals surface area contributed by atoms with Crippen LogP contribution in [0.3, 0.4) is 0 Å². The summed E-state index contributed by atoms with van der Waals surface area (Å²) >= 11 is 0. The van der Waals surface area contributed by atoms with E-state index in [1.807, 2.05) is 12.3 Å². The SMILES string of the molecule is c1ccc(-n2c3ccccc3c3cc(N(c4ccc5c(c4)c4ccccc4n5-c4ccccc4)c4ccccn4)ccc32)cc1. The standard InChI is InChI=1S/C41H28N4/c1-3-13-29(14-4-1)44-37-19-9-7-17-33(37)35-27-31(22-24-39(35)44)43(41-21-11-12-26-42-41)32-23-25-40-36(28-32)34-18-8-10-20-38(34)45(40)30-15-5-2-6-16-30/h1-28H. The highest BCUT2D eigenvalue weighted by Crippen LogP contribution is 2.41. The molecular weight excluding hydrogens is 548 g/mol. The van der Waals surface area contributed by atoms with E-state index >= 15 is 0 Å². The van der Waals surface area contributed by atoms with Crippen LogP contribution in [-0.2, 0) is 0 Å². The van der Waals surface area contributed by atoms with Crippen molar-refractivity contribution >= 4 is 60.8 Å². The second-order valence-electron chi connectivity index (χ2n) is 11.3. The van der Waals surface area contributed by atoms with Gasteiger partial charge in [-0.05, 0) is 84.9 Å².